The molecule has 0 spiro atoms. The maximum Gasteiger partial charge on any atom is 0.309 e. The summed E-state index contributed by atoms with van der Waals surface area (Å²) in [7, 11) is 1.39. The number of esters is 2. The molecule has 1 saturated carbocycles. The average molecular weight is 228 g/mol. The van der Waals surface area contributed by atoms with Crippen molar-refractivity contribution in [1.82, 2.24) is 0 Å². The number of carbonyl (C=O) groups is 2. The predicted octanol–water partition coefficient (Wildman–Crippen LogP) is 1.92. The van der Waals surface area contributed by atoms with Crippen LogP contribution < -0.4 is 0 Å². The summed E-state index contributed by atoms with van der Waals surface area (Å²) in [5.74, 6) is -0.658. The van der Waals surface area contributed by atoms with Crippen LogP contribution in [-0.2, 0) is 19.1 Å². The molecule has 1 aliphatic carbocycles. The normalized spacial score (nSPS) is 25.2. The van der Waals surface area contributed by atoms with E-state index in [9.17, 15) is 9.59 Å². The Hall–Kier alpha value is -1.06. The minimum atomic E-state index is -0.206. The summed E-state index contributed by atoms with van der Waals surface area (Å²) in [5.41, 5.74) is 0. The first-order valence-electron chi connectivity index (χ1n) is 5.83. The molecule has 16 heavy (non-hydrogen) atoms. The zero-order chi connectivity index (χ0) is 12.1. The average Bonchev–Trinajstić information content (AvgIpc) is 2.27. The van der Waals surface area contributed by atoms with E-state index in [0.717, 1.165) is 19.3 Å². The molecular weight excluding hydrogens is 208 g/mol. The molecule has 0 unspecified atom stereocenters. The van der Waals surface area contributed by atoms with Crippen LogP contribution in [0.1, 0.15) is 39.5 Å². The van der Waals surface area contributed by atoms with E-state index in [1.807, 2.05) is 13.8 Å². The first-order chi connectivity index (χ1) is 7.54. The Morgan fingerprint density at radius 1 is 1.12 bits per heavy atom. The van der Waals surface area contributed by atoms with E-state index < -0.39 is 0 Å². The fraction of sp³-hybridized carbons (Fsp3) is 0.833. The van der Waals surface area contributed by atoms with Gasteiger partial charge >= 0.3 is 11.9 Å². The van der Waals surface area contributed by atoms with Crippen molar-refractivity contribution in [2.75, 3.05) is 7.11 Å². The third-order valence-corrected chi connectivity index (χ3v) is 2.89. The van der Waals surface area contributed by atoms with Crippen LogP contribution in [0.4, 0.5) is 0 Å². The molecule has 1 rings (SSSR count). The maximum absolute atomic E-state index is 11.7. The Morgan fingerprint density at radius 3 is 2.19 bits per heavy atom. The van der Waals surface area contributed by atoms with Crippen molar-refractivity contribution in [3.63, 3.8) is 0 Å². The van der Waals surface area contributed by atoms with Gasteiger partial charge in [-0.1, -0.05) is 6.42 Å². The van der Waals surface area contributed by atoms with E-state index in [2.05, 4.69) is 0 Å². The van der Waals surface area contributed by atoms with Gasteiger partial charge in [0.2, 0.25) is 0 Å². The highest BCUT2D eigenvalue weighted by atomic mass is 16.5. The van der Waals surface area contributed by atoms with Gasteiger partial charge in [0.05, 0.1) is 25.0 Å². The molecule has 0 bridgehead atoms. The first-order valence-corrected chi connectivity index (χ1v) is 5.83. The fourth-order valence-electron chi connectivity index (χ4n) is 2.11. The van der Waals surface area contributed by atoms with E-state index >= 15 is 0 Å². The highest BCUT2D eigenvalue weighted by molar-refractivity contribution is 5.76. The molecule has 0 aromatic carbocycles. The van der Waals surface area contributed by atoms with E-state index in [1.165, 1.54) is 7.11 Å². The third kappa shape index (κ3) is 3.51. The molecule has 0 aliphatic heterocycles. The lowest BCUT2D eigenvalue weighted by atomic mass is 9.81. The minimum absolute atomic E-state index is 0.0917. The highest BCUT2D eigenvalue weighted by Crippen LogP contribution is 2.30. The number of hydrogen-bond donors (Lipinski definition) is 0. The zero-order valence-corrected chi connectivity index (χ0v) is 10.2. The molecule has 4 nitrogen and oxygen atoms in total. The van der Waals surface area contributed by atoms with Crippen molar-refractivity contribution >= 4 is 11.9 Å². The van der Waals surface area contributed by atoms with E-state index in [-0.39, 0.29) is 29.9 Å². The van der Waals surface area contributed by atoms with Crippen LogP contribution in [-0.4, -0.2) is 25.2 Å². The number of hydrogen-bond acceptors (Lipinski definition) is 4. The van der Waals surface area contributed by atoms with Gasteiger partial charge in [-0.2, -0.15) is 0 Å². The Bertz CT molecular complexity index is 260. The van der Waals surface area contributed by atoms with Gasteiger partial charge in [-0.25, -0.2) is 0 Å². The lowest BCUT2D eigenvalue weighted by Gasteiger charge is -2.26. The second kappa shape index (κ2) is 5.87. The van der Waals surface area contributed by atoms with Gasteiger partial charge in [0.15, 0.2) is 0 Å². The maximum atomic E-state index is 11.7. The lowest BCUT2D eigenvalue weighted by molar-refractivity contribution is -0.156. The monoisotopic (exact) mass is 228 g/mol. The van der Waals surface area contributed by atoms with Crippen LogP contribution in [0, 0.1) is 11.8 Å². The summed E-state index contributed by atoms with van der Waals surface area (Å²) >= 11 is 0. The van der Waals surface area contributed by atoms with Gasteiger partial charge < -0.3 is 9.47 Å². The van der Waals surface area contributed by atoms with Crippen LogP contribution in [0.2, 0.25) is 0 Å². The summed E-state index contributed by atoms with van der Waals surface area (Å²) in [6, 6.07) is 0. The van der Waals surface area contributed by atoms with Crippen molar-refractivity contribution in [2.24, 2.45) is 11.8 Å². The summed E-state index contributed by atoms with van der Waals surface area (Å²) in [4.78, 5) is 23.1. The Balaban J connectivity index is 2.50. The molecule has 4 heteroatoms. The van der Waals surface area contributed by atoms with E-state index in [1.54, 1.807) is 0 Å². The largest absolute Gasteiger partial charge is 0.469 e. The van der Waals surface area contributed by atoms with E-state index in [4.69, 9.17) is 9.47 Å². The summed E-state index contributed by atoms with van der Waals surface area (Å²) in [6.07, 6.45) is 3.00. The lowest BCUT2D eigenvalue weighted by Crippen LogP contribution is -2.30. The van der Waals surface area contributed by atoms with Crippen LogP contribution in [0.5, 0.6) is 0 Å². The van der Waals surface area contributed by atoms with Gasteiger partial charge in [0.25, 0.3) is 0 Å². The molecule has 0 heterocycles. The summed E-state index contributed by atoms with van der Waals surface area (Å²) < 4.78 is 9.87. The van der Waals surface area contributed by atoms with Crippen LogP contribution in [0.3, 0.4) is 0 Å². The molecule has 1 aliphatic rings. The molecule has 0 N–H and O–H groups in total. The summed E-state index contributed by atoms with van der Waals surface area (Å²) in [6.45, 7) is 3.66. The molecule has 0 aromatic rings. The number of rotatable bonds is 3. The SMILES string of the molecule is COC(=O)[C@@H]1CCC[C@H](C(=O)OC(C)C)C1. The minimum Gasteiger partial charge on any atom is -0.469 e. The first kappa shape index (κ1) is 13.0. The number of methoxy groups -OCH3 is 1. The smallest absolute Gasteiger partial charge is 0.309 e. The van der Waals surface area contributed by atoms with Gasteiger partial charge in [-0.3, -0.25) is 9.59 Å². The standard InChI is InChI=1S/C12H20O4/c1-8(2)16-12(14)10-6-4-5-9(7-10)11(13)15-3/h8-10H,4-7H2,1-3H3/t9-,10+/m1/s1. The Kier molecular flexibility index (Phi) is 4.77. The Morgan fingerprint density at radius 2 is 1.69 bits per heavy atom. The van der Waals surface area contributed by atoms with Gasteiger partial charge in [0, 0.05) is 0 Å². The fourth-order valence-corrected chi connectivity index (χ4v) is 2.11. The molecule has 0 radical (unpaired) electrons. The molecule has 0 saturated heterocycles. The Labute approximate surface area is 96.3 Å². The molecule has 1 fully saturated rings. The van der Waals surface area contributed by atoms with Crippen LogP contribution in [0.25, 0.3) is 0 Å². The molecule has 92 valence electrons. The van der Waals surface area contributed by atoms with Crippen LogP contribution >= 0.6 is 0 Å². The van der Waals surface area contributed by atoms with Gasteiger partial charge in [-0.15, -0.1) is 0 Å². The van der Waals surface area contributed by atoms with Crippen molar-refractivity contribution in [1.29, 1.82) is 0 Å². The topological polar surface area (TPSA) is 52.6 Å². The van der Waals surface area contributed by atoms with Gasteiger partial charge in [-0.05, 0) is 33.1 Å². The van der Waals surface area contributed by atoms with E-state index in [0.29, 0.717) is 6.42 Å². The van der Waals surface area contributed by atoms with Crippen LogP contribution in [0.15, 0.2) is 0 Å². The van der Waals surface area contributed by atoms with Crippen molar-refractivity contribution < 1.29 is 19.1 Å². The van der Waals surface area contributed by atoms with Crippen molar-refractivity contribution in [3.05, 3.63) is 0 Å². The zero-order valence-electron chi connectivity index (χ0n) is 10.2. The van der Waals surface area contributed by atoms with Crippen molar-refractivity contribution in [2.45, 2.75) is 45.6 Å². The quantitative estimate of drug-likeness (QED) is 0.692. The molecular formula is C12H20O4. The molecule has 0 amide bonds. The molecule has 0 aromatic heterocycles. The number of ether oxygens (including phenoxy) is 2. The highest BCUT2D eigenvalue weighted by Gasteiger charge is 2.32. The molecule has 2 atom stereocenters. The second-order valence-electron chi connectivity index (χ2n) is 4.57. The summed E-state index contributed by atoms with van der Waals surface area (Å²) in [5, 5.41) is 0. The van der Waals surface area contributed by atoms with Gasteiger partial charge in [0.1, 0.15) is 0 Å². The second-order valence-corrected chi connectivity index (χ2v) is 4.57. The number of carbonyl (C=O) groups excluding carboxylic acids is 2. The predicted molar refractivity (Wildman–Crippen MR) is 58.7 cm³/mol. The third-order valence-electron chi connectivity index (χ3n) is 2.89. The van der Waals surface area contributed by atoms with Crippen molar-refractivity contribution in [3.8, 4) is 0 Å².